The van der Waals surface area contributed by atoms with E-state index < -0.39 is 16.8 Å². The molecule has 102 valence electrons. The van der Waals surface area contributed by atoms with Gasteiger partial charge in [0.1, 0.15) is 0 Å². The van der Waals surface area contributed by atoms with Crippen LogP contribution in [0.2, 0.25) is 5.02 Å². The van der Waals surface area contributed by atoms with Gasteiger partial charge in [0, 0.05) is 57.7 Å². The molecule has 0 amide bonds. The van der Waals surface area contributed by atoms with Gasteiger partial charge in [0.2, 0.25) is 0 Å². The van der Waals surface area contributed by atoms with E-state index in [-0.39, 0.29) is 0 Å². The maximum atomic E-state index is 11.4. The molecule has 1 heterocycles. The van der Waals surface area contributed by atoms with Crippen LogP contribution in [0.4, 0.5) is 5.69 Å². The molecule has 4 nitrogen and oxygen atoms in total. The quantitative estimate of drug-likeness (QED) is 0.868. The summed E-state index contributed by atoms with van der Waals surface area (Å²) in [6.07, 6.45) is 2.58. The second-order valence-corrected chi connectivity index (χ2v) is 6.28. The average molecular weight is 300 g/mol. The maximum absolute atomic E-state index is 11.4. The minimum absolute atomic E-state index is 0.515. The van der Waals surface area contributed by atoms with E-state index in [1.54, 1.807) is 6.07 Å². The van der Waals surface area contributed by atoms with E-state index in [9.17, 15) is 9.00 Å². The molecule has 6 heteroatoms. The van der Waals surface area contributed by atoms with Gasteiger partial charge in [-0.25, -0.2) is 4.79 Å². The van der Waals surface area contributed by atoms with Crippen molar-refractivity contribution in [3.63, 3.8) is 0 Å². The van der Waals surface area contributed by atoms with Gasteiger partial charge in [-0.05, 0) is 18.2 Å². The summed E-state index contributed by atoms with van der Waals surface area (Å²) in [5, 5.41) is 9.23. The van der Waals surface area contributed by atoms with Crippen LogP contribution in [0.1, 0.15) is 5.56 Å². The smallest absolute Gasteiger partial charge is 0.328 e. The third kappa shape index (κ3) is 3.58. The fourth-order valence-corrected chi connectivity index (χ4v) is 3.28. The Bertz CT molecular complexity index is 535. The van der Waals surface area contributed by atoms with E-state index in [2.05, 4.69) is 4.90 Å². The van der Waals surface area contributed by atoms with Crippen LogP contribution in [0.5, 0.6) is 0 Å². The number of anilines is 1. The third-order valence-electron chi connectivity index (χ3n) is 2.94. The Morgan fingerprint density at radius 3 is 2.68 bits per heavy atom. The molecular weight excluding hydrogens is 286 g/mol. The standard InChI is InChI=1S/C13H14ClNO3S/c14-11-2-1-3-12(10(11)4-5-13(16)17)15-6-8-19(18)9-7-15/h1-5H,6-9H2,(H,16,17)/b5-4+. The normalized spacial score (nSPS) is 17.0. The molecule has 1 fully saturated rings. The van der Waals surface area contributed by atoms with Crippen molar-refractivity contribution in [2.24, 2.45) is 0 Å². The number of carboxylic acid groups (broad SMARTS) is 1. The average Bonchev–Trinajstić information content (AvgIpc) is 2.38. The summed E-state index contributed by atoms with van der Waals surface area (Å²) in [5.74, 6) is 0.258. The van der Waals surface area contributed by atoms with Gasteiger partial charge in [0.05, 0.1) is 0 Å². The first kappa shape index (κ1) is 14.1. The minimum Gasteiger partial charge on any atom is -0.478 e. The highest BCUT2D eigenvalue weighted by Crippen LogP contribution is 2.29. The van der Waals surface area contributed by atoms with E-state index in [0.717, 1.165) is 11.8 Å². The summed E-state index contributed by atoms with van der Waals surface area (Å²) in [6.45, 7) is 1.39. The lowest BCUT2D eigenvalue weighted by Gasteiger charge is -2.30. The fourth-order valence-electron chi connectivity index (χ4n) is 2.00. The van der Waals surface area contributed by atoms with Gasteiger partial charge in [-0.2, -0.15) is 0 Å². The van der Waals surface area contributed by atoms with Gasteiger partial charge in [0.15, 0.2) is 0 Å². The fraction of sp³-hybridized carbons (Fsp3) is 0.308. The molecular formula is C13H14ClNO3S. The Morgan fingerprint density at radius 1 is 1.37 bits per heavy atom. The van der Waals surface area contributed by atoms with Crippen LogP contribution in [-0.2, 0) is 15.6 Å². The maximum Gasteiger partial charge on any atom is 0.328 e. The molecule has 0 spiro atoms. The van der Waals surface area contributed by atoms with Gasteiger partial charge < -0.3 is 10.0 Å². The molecule has 0 radical (unpaired) electrons. The van der Waals surface area contributed by atoms with Crippen molar-refractivity contribution >= 4 is 40.1 Å². The second-order valence-electron chi connectivity index (χ2n) is 4.18. The first-order chi connectivity index (χ1) is 9.08. The molecule has 0 atom stereocenters. The zero-order valence-corrected chi connectivity index (χ0v) is 11.8. The van der Waals surface area contributed by atoms with Crippen molar-refractivity contribution in [3.8, 4) is 0 Å². The number of nitrogens with zero attached hydrogens (tertiary/aromatic N) is 1. The highest BCUT2D eigenvalue weighted by Gasteiger charge is 2.18. The van der Waals surface area contributed by atoms with Crippen molar-refractivity contribution in [3.05, 3.63) is 34.9 Å². The molecule has 0 saturated carbocycles. The number of hydrogen-bond donors (Lipinski definition) is 1. The van der Waals surface area contributed by atoms with Crippen LogP contribution < -0.4 is 4.90 Å². The van der Waals surface area contributed by atoms with Crippen molar-refractivity contribution in [2.45, 2.75) is 0 Å². The van der Waals surface area contributed by atoms with E-state index in [1.165, 1.54) is 6.08 Å². The summed E-state index contributed by atoms with van der Waals surface area (Å²) >= 11 is 6.13. The molecule has 2 rings (SSSR count). The summed E-state index contributed by atoms with van der Waals surface area (Å²) in [5.41, 5.74) is 1.58. The lowest BCUT2D eigenvalue weighted by molar-refractivity contribution is -0.131. The number of rotatable bonds is 3. The van der Waals surface area contributed by atoms with Gasteiger partial charge in [-0.1, -0.05) is 17.7 Å². The largest absolute Gasteiger partial charge is 0.478 e. The molecule has 0 aromatic heterocycles. The summed E-state index contributed by atoms with van der Waals surface area (Å²) in [4.78, 5) is 12.7. The highest BCUT2D eigenvalue weighted by atomic mass is 35.5. The molecule has 0 aliphatic carbocycles. The molecule has 0 unspecified atom stereocenters. The predicted molar refractivity (Wildman–Crippen MR) is 78.2 cm³/mol. The summed E-state index contributed by atoms with van der Waals surface area (Å²) in [7, 11) is -0.744. The van der Waals surface area contributed by atoms with E-state index in [4.69, 9.17) is 16.7 Å². The van der Waals surface area contributed by atoms with E-state index in [1.807, 2.05) is 12.1 Å². The van der Waals surface area contributed by atoms with Crippen LogP contribution in [-0.4, -0.2) is 39.9 Å². The van der Waals surface area contributed by atoms with Gasteiger partial charge >= 0.3 is 5.97 Å². The molecule has 1 aliphatic heterocycles. The summed E-state index contributed by atoms with van der Waals surface area (Å²) in [6, 6.07) is 5.47. The van der Waals surface area contributed by atoms with Crippen molar-refractivity contribution in [1.82, 2.24) is 0 Å². The second kappa shape index (κ2) is 6.21. The van der Waals surface area contributed by atoms with Crippen molar-refractivity contribution < 1.29 is 14.1 Å². The number of carboxylic acids is 1. The SMILES string of the molecule is O=C(O)/C=C/c1c(Cl)cccc1N1CCS(=O)CC1. The van der Waals surface area contributed by atoms with Crippen molar-refractivity contribution in [2.75, 3.05) is 29.5 Å². The Morgan fingerprint density at radius 2 is 2.05 bits per heavy atom. The molecule has 1 aromatic rings. The molecule has 1 saturated heterocycles. The zero-order valence-electron chi connectivity index (χ0n) is 10.2. The third-order valence-corrected chi connectivity index (χ3v) is 4.55. The molecule has 19 heavy (non-hydrogen) atoms. The highest BCUT2D eigenvalue weighted by molar-refractivity contribution is 7.85. The number of halogens is 1. The first-order valence-corrected chi connectivity index (χ1v) is 7.74. The lowest BCUT2D eigenvalue weighted by atomic mass is 10.1. The minimum atomic E-state index is -1.01. The predicted octanol–water partition coefficient (Wildman–Crippen LogP) is 2.01. The van der Waals surface area contributed by atoms with E-state index >= 15 is 0 Å². The van der Waals surface area contributed by atoms with Crippen LogP contribution in [0, 0.1) is 0 Å². The molecule has 1 aromatic carbocycles. The van der Waals surface area contributed by atoms with Gasteiger partial charge in [-0.3, -0.25) is 4.21 Å². The van der Waals surface area contributed by atoms with Crippen LogP contribution in [0.25, 0.3) is 6.08 Å². The van der Waals surface area contributed by atoms with E-state index in [0.29, 0.717) is 35.2 Å². The molecule has 1 N–H and O–H groups in total. The number of benzene rings is 1. The first-order valence-electron chi connectivity index (χ1n) is 5.87. The summed E-state index contributed by atoms with van der Waals surface area (Å²) < 4.78 is 11.4. The number of aliphatic carboxylic acids is 1. The number of carbonyl (C=O) groups is 1. The monoisotopic (exact) mass is 299 g/mol. The van der Waals surface area contributed by atoms with Crippen LogP contribution in [0.15, 0.2) is 24.3 Å². The van der Waals surface area contributed by atoms with Crippen molar-refractivity contribution in [1.29, 1.82) is 0 Å². The van der Waals surface area contributed by atoms with Gasteiger partial charge in [-0.15, -0.1) is 0 Å². The topological polar surface area (TPSA) is 57.6 Å². The Labute approximate surface area is 119 Å². The Kier molecular flexibility index (Phi) is 4.61. The van der Waals surface area contributed by atoms with Crippen LogP contribution in [0.3, 0.4) is 0 Å². The molecule has 1 aliphatic rings. The van der Waals surface area contributed by atoms with Gasteiger partial charge in [0.25, 0.3) is 0 Å². The molecule has 0 bridgehead atoms. The number of hydrogen-bond acceptors (Lipinski definition) is 3. The van der Waals surface area contributed by atoms with Crippen LogP contribution >= 0.6 is 11.6 Å². The zero-order chi connectivity index (χ0) is 13.8. The Balaban J connectivity index is 2.31. The lowest BCUT2D eigenvalue weighted by Crippen LogP contribution is -2.38. The Hall–Kier alpha value is -1.33.